The van der Waals surface area contributed by atoms with Crippen LogP contribution in [0.4, 0.5) is 0 Å². The molecule has 0 atom stereocenters. The van der Waals surface area contributed by atoms with Gasteiger partial charge >= 0.3 is 0 Å². The molecule has 0 amide bonds. The fraction of sp³-hybridized carbons (Fsp3) is 0.500. The van der Waals surface area contributed by atoms with Crippen LogP contribution in [0.2, 0.25) is 5.02 Å². The molecular weight excluding hydrogens is 200 g/mol. The quantitative estimate of drug-likeness (QED) is 0.835. The summed E-state index contributed by atoms with van der Waals surface area (Å²) in [4.78, 5) is 4.10. The fourth-order valence-corrected chi connectivity index (χ4v) is 1.58. The van der Waals surface area contributed by atoms with Crippen molar-refractivity contribution in [3.63, 3.8) is 0 Å². The van der Waals surface area contributed by atoms with Crippen molar-refractivity contribution in [2.75, 3.05) is 0 Å². The van der Waals surface area contributed by atoms with Crippen LogP contribution in [0.3, 0.4) is 0 Å². The maximum Gasteiger partial charge on any atom is 0.233 e. The Morgan fingerprint density at radius 2 is 2.36 bits per heavy atom. The maximum atomic E-state index is 6.07. The van der Waals surface area contributed by atoms with Crippen LogP contribution in [0.15, 0.2) is 12.3 Å². The summed E-state index contributed by atoms with van der Waals surface area (Å²) in [6.45, 7) is 0.419. The van der Waals surface area contributed by atoms with Crippen LogP contribution in [-0.2, 0) is 6.54 Å². The summed E-state index contributed by atoms with van der Waals surface area (Å²) in [5, 5.41) is 0.557. The second-order valence-corrected chi connectivity index (χ2v) is 3.84. The molecule has 0 saturated heterocycles. The molecule has 2 rings (SSSR count). The lowest BCUT2D eigenvalue weighted by Gasteiger charge is -2.26. The summed E-state index contributed by atoms with van der Waals surface area (Å²) in [5.74, 6) is 0.527. The molecule has 1 fully saturated rings. The van der Waals surface area contributed by atoms with Crippen molar-refractivity contribution in [3.8, 4) is 5.88 Å². The first kappa shape index (κ1) is 9.74. The van der Waals surface area contributed by atoms with E-state index in [-0.39, 0.29) is 0 Å². The van der Waals surface area contributed by atoms with E-state index >= 15 is 0 Å². The van der Waals surface area contributed by atoms with Gasteiger partial charge in [0.15, 0.2) is 0 Å². The highest BCUT2D eigenvalue weighted by Gasteiger charge is 2.21. The van der Waals surface area contributed by atoms with Gasteiger partial charge in [0.25, 0.3) is 0 Å². The standard InChI is InChI=1S/C10H13ClN2O/c11-9-7(6-12)4-5-13-10(9)14-8-2-1-3-8/h4-5,8H,1-3,6,12H2. The predicted octanol–water partition coefficient (Wildman–Crippen LogP) is 2.12. The second-order valence-electron chi connectivity index (χ2n) is 3.46. The van der Waals surface area contributed by atoms with Gasteiger partial charge in [-0.25, -0.2) is 4.98 Å². The van der Waals surface area contributed by atoms with Crippen LogP contribution in [0.5, 0.6) is 5.88 Å². The molecule has 14 heavy (non-hydrogen) atoms. The normalized spacial score (nSPS) is 16.4. The average molecular weight is 213 g/mol. The van der Waals surface area contributed by atoms with E-state index < -0.39 is 0 Å². The monoisotopic (exact) mass is 212 g/mol. The van der Waals surface area contributed by atoms with Gasteiger partial charge in [-0.1, -0.05) is 11.6 Å². The Kier molecular flexibility index (Phi) is 2.89. The lowest BCUT2D eigenvalue weighted by molar-refractivity contribution is 0.114. The first-order valence-electron chi connectivity index (χ1n) is 4.81. The van der Waals surface area contributed by atoms with Gasteiger partial charge in [0.05, 0.1) is 0 Å². The zero-order chi connectivity index (χ0) is 9.97. The molecule has 0 unspecified atom stereocenters. The first-order valence-corrected chi connectivity index (χ1v) is 5.19. The Morgan fingerprint density at radius 1 is 1.57 bits per heavy atom. The fourth-order valence-electron chi connectivity index (χ4n) is 1.35. The predicted molar refractivity (Wildman–Crippen MR) is 55.4 cm³/mol. The molecule has 2 N–H and O–H groups in total. The van der Waals surface area contributed by atoms with Gasteiger partial charge in [-0.15, -0.1) is 0 Å². The number of nitrogens with zero attached hydrogens (tertiary/aromatic N) is 1. The average Bonchev–Trinajstić information content (AvgIpc) is 2.13. The summed E-state index contributed by atoms with van der Waals surface area (Å²) in [6, 6.07) is 1.82. The van der Waals surface area contributed by atoms with Crippen molar-refractivity contribution in [1.82, 2.24) is 4.98 Å². The Morgan fingerprint density at radius 3 is 2.93 bits per heavy atom. The van der Waals surface area contributed by atoms with Crippen molar-refractivity contribution in [2.24, 2.45) is 5.73 Å². The number of ether oxygens (including phenoxy) is 1. The SMILES string of the molecule is NCc1ccnc(OC2CCC2)c1Cl. The molecule has 0 radical (unpaired) electrons. The Bertz CT molecular complexity index is 326. The van der Waals surface area contributed by atoms with E-state index in [1.54, 1.807) is 6.20 Å². The van der Waals surface area contributed by atoms with Crippen LogP contribution >= 0.6 is 11.6 Å². The molecule has 0 aliphatic heterocycles. The van der Waals surface area contributed by atoms with E-state index in [1.807, 2.05) is 6.07 Å². The Labute approximate surface area is 88.2 Å². The van der Waals surface area contributed by atoms with E-state index in [4.69, 9.17) is 22.1 Å². The van der Waals surface area contributed by atoms with Crippen LogP contribution in [0.1, 0.15) is 24.8 Å². The Hall–Kier alpha value is -0.800. The molecular formula is C10H13ClN2O. The van der Waals surface area contributed by atoms with Gasteiger partial charge in [0, 0.05) is 12.7 Å². The van der Waals surface area contributed by atoms with Crippen LogP contribution in [-0.4, -0.2) is 11.1 Å². The minimum absolute atomic E-state index is 0.299. The molecule has 76 valence electrons. The number of nitrogens with two attached hydrogens (primary N) is 1. The minimum atomic E-state index is 0.299. The summed E-state index contributed by atoms with van der Waals surface area (Å²) < 4.78 is 5.62. The number of halogens is 1. The summed E-state index contributed by atoms with van der Waals surface area (Å²) in [6.07, 6.45) is 5.42. The van der Waals surface area contributed by atoms with Crippen LogP contribution in [0.25, 0.3) is 0 Å². The molecule has 3 nitrogen and oxygen atoms in total. The highest BCUT2D eigenvalue weighted by molar-refractivity contribution is 6.32. The first-order chi connectivity index (χ1) is 6.81. The van der Waals surface area contributed by atoms with E-state index in [1.165, 1.54) is 6.42 Å². The summed E-state index contributed by atoms with van der Waals surface area (Å²) in [7, 11) is 0. The van der Waals surface area contributed by atoms with Crippen molar-refractivity contribution < 1.29 is 4.74 Å². The van der Waals surface area contributed by atoms with Crippen molar-refractivity contribution >= 4 is 11.6 Å². The van der Waals surface area contributed by atoms with Gasteiger partial charge in [0.1, 0.15) is 11.1 Å². The van der Waals surface area contributed by atoms with Gasteiger partial charge in [-0.2, -0.15) is 0 Å². The third-order valence-electron chi connectivity index (χ3n) is 2.49. The number of pyridine rings is 1. The molecule has 1 aromatic heterocycles. The van der Waals surface area contributed by atoms with E-state index in [9.17, 15) is 0 Å². The topological polar surface area (TPSA) is 48.1 Å². The third kappa shape index (κ3) is 1.83. The lowest BCUT2D eigenvalue weighted by Crippen LogP contribution is -2.25. The largest absolute Gasteiger partial charge is 0.473 e. The van der Waals surface area contributed by atoms with Crippen molar-refractivity contribution in [3.05, 3.63) is 22.8 Å². The smallest absolute Gasteiger partial charge is 0.233 e. The molecule has 4 heteroatoms. The van der Waals surface area contributed by atoms with Gasteiger partial charge in [0.2, 0.25) is 5.88 Å². The Balaban J connectivity index is 2.15. The molecule has 1 aliphatic carbocycles. The van der Waals surface area contributed by atoms with E-state index in [0.717, 1.165) is 18.4 Å². The van der Waals surface area contributed by atoms with Crippen LogP contribution in [0, 0.1) is 0 Å². The zero-order valence-electron chi connectivity index (χ0n) is 7.87. The molecule has 1 aliphatic rings. The van der Waals surface area contributed by atoms with E-state index in [0.29, 0.717) is 23.6 Å². The molecule has 1 aromatic rings. The van der Waals surface area contributed by atoms with Gasteiger partial charge < -0.3 is 10.5 Å². The number of rotatable bonds is 3. The second kappa shape index (κ2) is 4.15. The lowest BCUT2D eigenvalue weighted by atomic mass is 9.96. The van der Waals surface area contributed by atoms with E-state index in [2.05, 4.69) is 4.98 Å². The zero-order valence-corrected chi connectivity index (χ0v) is 8.63. The van der Waals surface area contributed by atoms with Crippen molar-refractivity contribution in [2.45, 2.75) is 31.9 Å². The number of hydrogen-bond acceptors (Lipinski definition) is 3. The minimum Gasteiger partial charge on any atom is -0.473 e. The summed E-state index contributed by atoms with van der Waals surface area (Å²) >= 11 is 6.07. The molecule has 1 heterocycles. The van der Waals surface area contributed by atoms with Crippen molar-refractivity contribution in [1.29, 1.82) is 0 Å². The molecule has 0 bridgehead atoms. The maximum absolute atomic E-state index is 6.07. The number of hydrogen-bond donors (Lipinski definition) is 1. The van der Waals surface area contributed by atoms with Gasteiger partial charge in [-0.05, 0) is 30.9 Å². The third-order valence-corrected chi connectivity index (χ3v) is 2.89. The summed E-state index contributed by atoms with van der Waals surface area (Å²) in [5.41, 5.74) is 6.41. The number of aromatic nitrogens is 1. The highest BCUT2D eigenvalue weighted by atomic mass is 35.5. The molecule has 0 spiro atoms. The molecule has 0 aromatic carbocycles. The molecule has 1 saturated carbocycles. The highest BCUT2D eigenvalue weighted by Crippen LogP contribution is 2.30. The van der Waals surface area contributed by atoms with Crippen LogP contribution < -0.4 is 10.5 Å². The van der Waals surface area contributed by atoms with Gasteiger partial charge in [-0.3, -0.25) is 0 Å².